The number of aromatic nitrogens is 5. The van der Waals surface area contributed by atoms with E-state index in [1.165, 1.54) is 10.8 Å². The van der Waals surface area contributed by atoms with Crippen LogP contribution in [0.4, 0.5) is 20.2 Å². The third-order valence-corrected chi connectivity index (χ3v) is 8.83. The van der Waals surface area contributed by atoms with Crippen molar-refractivity contribution in [3.63, 3.8) is 0 Å². The minimum absolute atomic E-state index is 0.151. The maximum Gasteiger partial charge on any atom is 0.295 e. The lowest BCUT2D eigenvalue weighted by molar-refractivity contribution is -0.0363. The molecule has 1 unspecified atom stereocenters. The summed E-state index contributed by atoms with van der Waals surface area (Å²) in [7, 11) is -3.60. The minimum Gasteiger partial charge on any atom is -0.358 e. The van der Waals surface area contributed by atoms with Crippen LogP contribution in [0.25, 0.3) is 11.2 Å². The van der Waals surface area contributed by atoms with Crippen molar-refractivity contribution in [2.75, 3.05) is 18.2 Å². The lowest BCUT2D eigenvalue weighted by Crippen LogP contribution is -2.20. The van der Waals surface area contributed by atoms with Gasteiger partial charge in [0.05, 0.1) is 39.0 Å². The molecular formula is C29H32F2N6O3S. The molecule has 1 N–H and O–H groups in total. The molecule has 4 heterocycles. The number of nitrogens with zero attached hydrogens (tertiary/aromatic N) is 5. The normalized spacial score (nSPS) is 17.9. The highest BCUT2D eigenvalue weighted by molar-refractivity contribution is 7.90. The van der Waals surface area contributed by atoms with Crippen molar-refractivity contribution in [2.45, 2.75) is 75.8 Å². The molecule has 1 saturated heterocycles. The van der Waals surface area contributed by atoms with E-state index >= 15 is 0 Å². The van der Waals surface area contributed by atoms with Gasteiger partial charge < -0.3 is 10.1 Å². The van der Waals surface area contributed by atoms with Crippen LogP contribution < -0.4 is 5.32 Å². The number of halogens is 2. The average Bonchev–Trinajstić information content (AvgIpc) is 3.71. The van der Waals surface area contributed by atoms with Crippen LogP contribution >= 0.6 is 0 Å². The monoisotopic (exact) mass is 582 g/mol. The number of imidazole rings is 1. The van der Waals surface area contributed by atoms with E-state index in [9.17, 15) is 17.2 Å². The Morgan fingerprint density at radius 3 is 2.49 bits per heavy atom. The predicted octanol–water partition coefficient (Wildman–Crippen LogP) is 6.09. The number of alkyl halides is 2. The number of rotatable bonds is 8. The molecule has 4 aromatic rings. The number of aryl methyl sites for hydroxylation is 2. The van der Waals surface area contributed by atoms with Crippen LogP contribution in [0.1, 0.15) is 84.8 Å². The molecule has 0 amide bonds. The molecule has 1 aliphatic heterocycles. The first kappa shape index (κ1) is 27.6. The van der Waals surface area contributed by atoms with E-state index in [-0.39, 0.29) is 16.1 Å². The molecule has 2 fully saturated rings. The molecule has 216 valence electrons. The van der Waals surface area contributed by atoms with E-state index in [0.29, 0.717) is 48.1 Å². The Balaban J connectivity index is 1.52. The predicted molar refractivity (Wildman–Crippen MR) is 150 cm³/mol. The molecule has 1 aliphatic carbocycles. The van der Waals surface area contributed by atoms with Crippen LogP contribution in [0.3, 0.4) is 0 Å². The first-order chi connectivity index (χ1) is 19.6. The van der Waals surface area contributed by atoms with Gasteiger partial charge in [0.25, 0.3) is 6.43 Å². The topological polar surface area (TPSA) is 112 Å². The molecule has 6 rings (SSSR count). The van der Waals surface area contributed by atoms with E-state index in [4.69, 9.17) is 9.72 Å². The highest BCUT2D eigenvalue weighted by Crippen LogP contribution is 2.42. The molecule has 3 aromatic heterocycles. The standard InChI is InChI=1S/C29H32F2N6O3S/c1-16-17(2)33-21(15-32-16)13-20-14-23(35-22-10-9-19(18-7-8-18)12-24(22)41(3,38)39)26-28(34-20)37(29(36-26)27(30)31)25-6-4-5-11-40-25/h9-10,12,14-15,18,25,27H,4-8,11,13H2,1-3H3,(H,34,35). The third kappa shape index (κ3) is 5.67. The zero-order valence-corrected chi connectivity index (χ0v) is 24.0. The molecule has 0 bridgehead atoms. The molecule has 41 heavy (non-hydrogen) atoms. The number of ether oxygens (including phenoxy) is 1. The Bertz CT molecular complexity index is 1730. The smallest absolute Gasteiger partial charge is 0.295 e. The maximum absolute atomic E-state index is 14.4. The van der Waals surface area contributed by atoms with Gasteiger partial charge in [0.1, 0.15) is 11.7 Å². The summed E-state index contributed by atoms with van der Waals surface area (Å²) >= 11 is 0. The summed E-state index contributed by atoms with van der Waals surface area (Å²) in [6.45, 7) is 4.21. The van der Waals surface area contributed by atoms with Crippen molar-refractivity contribution >= 4 is 32.4 Å². The number of hydrogen-bond acceptors (Lipinski definition) is 8. The van der Waals surface area contributed by atoms with Gasteiger partial charge in [-0.15, -0.1) is 0 Å². The Morgan fingerprint density at radius 1 is 1.02 bits per heavy atom. The molecule has 0 spiro atoms. The zero-order chi connectivity index (χ0) is 28.9. The first-order valence-corrected chi connectivity index (χ1v) is 15.7. The van der Waals surface area contributed by atoms with Crippen molar-refractivity contribution in [3.05, 3.63) is 64.6 Å². The summed E-state index contributed by atoms with van der Waals surface area (Å²) in [5.74, 6) is -0.0689. The lowest BCUT2D eigenvalue weighted by atomic mass is 10.1. The molecule has 0 radical (unpaired) electrons. The molecule has 12 heteroatoms. The van der Waals surface area contributed by atoms with Gasteiger partial charge in [0.15, 0.2) is 21.3 Å². The van der Waals surface area contributed by atoms with Crippen LogP contribution in [-0.4, -0.2) is 45.8 Å². The molecule has 1 atom stereocenters. The average molecular weight is 583 g/mol. The molecule has 2 aliphatic rings. The number of nitrogens with one attached hydrogen (secondary N) is 1. The van der Waals surface area contributed by atoms with Gasteiger partial charge in [-0.05, 0) is 75.6 Å². The van der Waals surface area contributed by atoms with E-state index in [0.717, 1.165) is 42.6 Å². The number of fused-ring (bicyclic) bond motifs is 1. The second kappa shape index (κ2) is 10.7. The number of hydrogen-bond donors (Lipinski definition) is 1. The van der Waals surface area contributed by atoms with E-state index in [1.54, 1.807) is 24.4 Å². The Hall–Kier alpha value is -3.51. The van der Waals surface area contributed by atoms with Crippen molar-refractivity contribution in [2.24, 2.45) is 0 Å². The van der Waals surface area contributed by atoms with Gasteiger partial charge in [-0.3, -0.25) is 14.5 Å². The number of anilines is 2. The largest absolute Gasteiger partial charge is 0.358 e. The number of pyridine rings is 1. The highest BCUT2D eigenvalue weighted by atomic mass is 32.2. The molecular weight excluding hydrogens is 550 g/mol. The highest BCUT2D eigenvalue weighted by Gasteiger charge is 2.30. The third-order valence-electron chi connectivity index (χ3n) is 7.70. The first-order valence-electron chi connectivity index (χ1n) is 13.8. The molecule has 9 nitrogen and oxygen atoms in total. The quantitative estimate of drug-likeness (QED) is 0.266. The Kier molecular flexibility index (Phi) is 7.23. The molecule has 1 aromatic carbocycles. The number of benzene rings is 1. The fourth-order valence-electron chi connectivity index (χ4n) is 5.31. The second-order valence-electron chi connectivity index (χ2n) is 10.9. The van der Waals surface area contributed by atoms with Crippen molar-refractivity contribution in [1.29, 1.82) is 0 Å². The summed E-state index contributed by atoms with van der Waals surface area (Å²) in [5.41, 5.74) is 4.99. The van der Waals surface area contributed by atoms with E-state index in [2.05, 4.69) is 20.3 Å². The number of sulfone groups is 1. The van der Waals surface area contributed by atoms with Crippen molar-refractivity contribution < 1.29 is 21.9 Å². The van der Waals surface area contributed by atoms with Gasteiger partial charge >= 0.3 is 0 Å². The summed E-state index contributed by atoms with van der Waals surface area (Å²) in [6, 6.07) is 7.07. The second-order valence-corrected chi connectivity index (χ2v) is 12.9. The SMILES string of the molecule is Cc1ncc(Cc2cc(Nc3ccc(C4CC4)cc3S(C)(=O)=O)c3nc(C(F)F)n(C4CCCCO4)c3n2)nc1C. The van der Waals surface area contributed by atoms with E-state index < -0.39 is 28.3 Å². The van der Waals surface area contributed by atoms with Gasteiger partial charge in [-0.25, -0.2) is 27.2 Å². The Morgan fingerprint density at radius 2 is 1.83 bits per heavy atom. The van der Waals surface area contributed by atoms with Gasteiger partial charge in [-0.2, -0.15) is 0 Å². The van der Waals surface area contributed by atoms with Crippen LogP contribution in [0, 0.1) is 13.8 Å². The maximum atomic E-state index is 14.4. The van der Waals surface area contributed by atoms with Crippen molar-refractivity contribution in [1.82, 2.24) is 24.5 Å². The zero-order valence-electron chi connectivity index (χ0n) is 23.2. The van der Waals surface area contributed by atoms with Gasteiger partial charge in [-0.1, -0.05) is 6.07 Å². The van der Waals surface area contributed by atoms with Gasteiger partial charge in [0.2, 0.25) is 0 Å². The van der Waals surface area contributed by atoms with Crippen LogP contribution in [0.15, 0.2) is 35.4 Å². The van der Waals surface area contributed by atoms with E-state index in [1.807, 2.05) is 19.9 Å². The van der Waals surface area contributed by atoms with Crippen LogP contribution in [0.5, 0.6) is 0 Å². The summed E-state index contributed by atoms with van der Waals surface area (Å²) in [6.07, 6.45) is 3.95. The Labute approximate surface area is 237 Å². The van der Waals surface area contributed by atoms with Crippen LogP contribution in [-0.2, 0) is 21.0 Å². The summed E-state index contributed by atoms with van der Waals surface area (Å²) in [5, 5.41) is 3.22. The lowest BCUT2D eigenvalue weighted by Gasteiger charge is -2.25. The van der Waals surface area contributed by atoms with Crippen LogP contribution in [0.2, 0.25) is 0 Å². The fourth-order valence-corrected chi connectivity index (χ4v) is 6.18. The van der Waals surface area contributed by atoms with Crippen molar-refractivity contribution in [3.8, 4) is 0 Å². The summed E-state index contributed by atoms with van der Waals surface area (Å²) in [4.78, 5) is 18.3. The molecule has 1 saturated carbocycles. The summed E-state index contributed by atoms with van der Waals surface area (Å²) < 4.78 is 61.7. The van der Waals surface area contributed by atoms with Gasteiger partial charge in [0, 0.05) is 25.5 Å². The minimum atomic E-state index is -3.60. The fraction of sp³-hybridized carbons (Fsp3) is 0.448.